The van der Waals surface area contributed by atoms with E-state index in [4.69, 9.17) is 14.2 Å². The molecule has 0 bridgehead atoms. The Morgan fingerprint density at radius 1 is 0.294 bits per heavy atom. The van der Waals surface area contributed by atoms with Crippen molar-refractivity contribution >= 4 is 17.9 Å². The highest BCUT2D eigenvalue weighted by molar-refractivity contribution is 5.71. The highest BCUT2D eigenvalue weighted by Crippen LogP contribution is 2.15. The summed E-state index contributed by atoms with van der Waals surface area (Å²) in [5.74, 6) is -0.985. The van der Waals surface area contributed by atoms with Crippen LogP contribution in [-0.2, 0) is 28.6 Å². The Morgan fingerprint density at radius 2 is 0.559 bits per heavy atom. The van der Waals surface area contributed by atoms with Crippen molar-refractivity contribution in [1.29, 1.82) is 0 Å². The molecular weight excluding hydrogens is 841 g/mol. The van der Waals surface area contributed by atoms with Crippen molar-refractivity contribution < 1.29 is 28.6 Å². The lowest BCUT2D eigenvalue weighted by atomic mass is 10.0. The number of carbonyl (C=O) groups is 3. The van der Waals surface area contributed by atoms with Crippen LogP contribution in [0, 0.1) is 0 Å². The van der Waals surface area contributed by atoms with E-state index in [-0.39, 0.29) is 37.5 Å². The number of hydrogen-bond donors (Lipinski definition) is 0. The first kappa shape index (κ1) is 64.6. The molecule has 0 saturated carbocycles. The predicted molar refractivity (Wildman–Crippen MR) is 293 cm³/mol. The van der Waals surface area contributed by atoms with E-state index in [1.807, 2.05) is 6.08 Å². The van der Waals surface area contributed by atoms with Crippen molar-refractivity contribution in [2.45, 2.75) is 277 Å². The monoisotopic (exact) mass is 947 g/mol. The van der Waals surface area contributed by atoms with E-state index in [1.165, 1.54) is 154 Å². The second kappa shape index (κ2) is 56.2. The average molecular weight is 948 g/mol. The Hall–Kier alpha value is -3.41. The fourth-order valence-corrected chi connectivity index (χ4v) is 7.81. The molecule has 68 heavy (non-hydrogen) atoms. The third kappa shape index (κ3) is 53.5. The van der Waals surface area contributed by atoms with Crippen molar-refractivity contribution in [3.8, 4) is 0 Å². The van der Waals surface area contributed by atoms with Crippen LogP contribution >= 0.6 is 0 Å². The highest BCUT2D eigenvalue weighted by atomic mass is 16.6. The molecule has 0 saturated heterocycles. The van der Waals surface area contributed by atoms with E-state index in [9.17, 15) is 14.4 Å². The standard InChI is InChI=1S/C62H106O6/c1-4-7-10-13-16-19-22-25-27-29-31-33-35-37-40-43-46-49-52-55-61(64)67-58-59(57-66-60(63)54-51-48-45-42-39-24-21-18-15-12-9-6-3)68-62(65)56-53-50-47-44-41-38-36-34-32-30-28-26-23-20-17-14-11-8-5-2/h16-17,19-20,25-28,31,33,37,40,46,49,59H,4-15,18,21-24,29-30,32,34-36,38-39,41-45,47-48,50-58H2,1-3H3/b19-16-,20-17-,27-25-,28-26-,33-31-,40-37-,49-46-/t59-/m0/s1. The molecule has 0 fully saturated rings. The summed E-state index contributed by atoms with van der Waals surface area (Å²) in [5, 5.41) is 0. The summed E-state index contributed by atoms with van der Waals surface area (Å²) in [5.41, 5.74) is 0. The van der Waals surface area contributed by atoms with Gasteiger partial charge in [-0.1, -0.05) is 247 Å². The van der Waals surface area contributed by atoms with Gasteiger partial charge in [0.05, 0.1) is 0 Å². The lowest BCUT2D eigenvalue weighted by molar-refractivity contribution is -0.166. The van der Waals surface area contributed by atoms with Gasteiger partial charge in [0.15, 0.2) is 6.10 Å². The van der Waals surface area contributed by atoms with Crippen LogP contribution in [0.15, 0.2) is 85.1 Å². The Labute approximate surface area is 420 Å². The summed E-state index contributed by atoms with van der Waals surface area (Å²) >= 11 is 0. The van der Waals surface area contributed by atoms with Gasteiger partial charge in [0, 0.05) is 19.3 Å². The van der Waals surface area contributed by atoms with Crippen molar-refractivity contribution in [2.24, 2.45) is 0 Å². The van der Waals surface area contributed by atoms with Gasteiger partial charge in [0.1, 0.15) is 13.2 Å². The summed E-state index contributed by atoms with van der Waals surface area (Å²) in [4.78, 5) is 38.1. The second-order valence-electron chi connectivity index (χ2n) is 18.8. The number of unbranched alkanes of at least 4 members (excludes halogenated alkanes) is 26. The lowest BCUT2D eigenvalue weighted by Gasteiger charge is -2.18. The van der Waals surface area contributed by atoms with Crippen LogP contribution in [0.5, 0.6) is 0 Å². The maximum absolute atomic E-state index is 12.8. The summed E-state index contributed by atoms with van der Waals surface area (Å²) in [7, 11) is 0. The van der Waals surface area contributed by atoms with Crippen LogP contribution in [-0.4, -0.2) is 37.2 Å². The highest BCUT2D eigenvalue weighted by Gasteiger charge is 2.19. The van der Waals surface area contributed by atoms with E-state index in [1.54, 1.807) is 0 Å². The first-order valence-electron chi connectivity index (χ1n) is 28.6. The summed E-state index contributed by atoms with van der Waals surface area (Å²) in [6.45, 7) is 6.53. The number of ether oxygens (including phenoxy) is 3. The van der Waals surface area contributed by atoms with Gasteiger partial charge in [0.2, 0.25) is 0 Å². The number of rotatable bonds is 51. The van der Waals surface area contributed by atoms with Crippen molar-refractivity contribution in [3.63, 3.8) is 0 Å². The first-order chi connectivity index (χ1) is 33.5. The summed E-state index contributed by atoms with van der Waals surface area (Å²) < 4.78 is 16.8. The molecule has 0 aliphatic heterocycles. The van der Waals surface area contributed by atoms with E-state index < -0.39 is 6.10 Å². The Kier molecular flexibility index (Phi) is 53.4. The van der Waals surface area contributed by atoms with E-state index in [2.05, 4.69) is 99.8 Å². The Bertz CT molecular complexity index is 1320. The van der Waals surface area contributed by atoms with Gasteiger partial charge in [0.25, 0.3) is 0 Å². The third-order valence-electron chi connectivity index (χ3n) is 12.1. The van der Waals surface area contributed by atoms with Crippen molar-refractivity contribution in [2.75, 3.05) is 13.2 Å². The second-order valence-corrected chi connectivity index (χ2v) is 18.8. The quantitative estimate of drug-likeness (QED) is 0.0262. The molecule has 0 aromatic heterocycles. The maximum atomic E-state index is 12.8. The molecule has 390 valence electrons. The van der Waals surface area contributed by atoms with Gasteiger partial charge < -0.3 is 14.2 Å². The lowest BCUT2D eigenvalue weighted by Crippen LogP contribution is -2.30. The molecule has 0 aromatic rings. The molecule has 0 aromatic carbocycles. The molecule has 0 heterocycles. The van der Waals surface area contributed by atoms with Crippen LogP contribution < -0.4 is 0 Å². The van der Waals surface area contributed by atoms with Gasteiger partial charge in [-0.05, 0) is 89.9 Å². The summed E-state index contributed by atoms with van der Waals surface area (Å²) in [6, 6.07) is 0. The predicted octanol–water partition coefficient (Wildman–Crippen LogP) is 19.2. The molecule has 6 heteroatoms. The number of esters is 3. The largest absolute Gasteiger partial charge is 0.462 e. The normalized spacial score (nSPS) is 12.7. The molecule has 0 aliphatic rings. The smallest absolute Gasteiger partial charge is 0.306 e. The first-order valence-corrected chi connectivity index (χ1v) is 28.6. The Balaban J connectivity index is 4.47. The van der Waals surface area contributed by atoms with Gasteiger partial charge >= 0.3 is 17.9 Å². The molecule has 0 N–H and O–H groups in total. The number of allylic oxidation sites excluding steroid dienone is 14. The number of carbonyl (C=O) groups excluding carboxylic acids is 3. The minimum atomic E-state index is -0.807. The minimum absolute atomic E-state index is 0.0993. The zero-order chi connectivity index (χ0) is 49.3. The SMILES string of the molecule is CCCCC/C=C\C/C=C\C/C=C\C/C=C\C/C=C\CCC(=O)OC[C@H](COC(=O)CCCCCCCCCCCCCC)OC(=O)CCCCCCCCCCC/C=C\C/C=C\CCCCC. The van der Waals surface area contributed by atoms with Crippen LogP contribution in [0.2, 0.25) is 0 Å². The zero-order valence-corrected chi connectivity index (χ0v) is 44.6. The molecule has 0 amide bonds. The maximum Gasteiger partial charge on any atom is 0.306 e. The van der Waals surface area contributed by atoms with Gasteiger partial charge in [-0.2, -0.15) is 0 Å². The molecule has 0 unspecified atom stereocenters. The molecule has 0 rings (SSSR count). The minimum Gasteiger partial charge on any atom is -0.462 e. The van der Waals surface area contributed by atoms with Crippen LogP contribution in [0.1, 0.15) is 271 Å². The molecule has 0 spiro atoms. The van der Waals surface area contributed by atoms with Crippen molar-refractivity contribution in [3.05, 3.63) is 85.1 Å². The van der Waals surface area contributed by atoms with Crippen molar-refractivity contribution in [1.82, 2.24) is 0 Å². The fraction of sp³-hybridized carbons (Fsp3) is 0.726. The van der Waals surface area contributed by atoms with Crippen LogP contribution in [0.3, 0.4) is 0 Å². The Morgan fingerprint density at radius 3 is 0.941 bits per heavy atom. The fourth-order valence-electron chi connectivity index (χ4n) is 7.81. The molecule has 1 atom stereocenters. The van der Waals surface area contributed by atoms with E-state index in [0.717, 1.165) is 70.6 Å². The molecular formula is C62H106O6. The zero-order valence-electron chi connectivity index (χ0n) is 44.6. The molecule has 0 aliphatic carbocycles. The molecule has 6 nitrogen and oxygen atoms in total. The third-order valence-corrected chi connectivity index (χ3v) is 12.1. The average Bonchev–Trinajstić information content (AvgIpc) is 3.34. The van der Waals surface area contributed by atoms with E-state index in [0.29, 0.717) is 19.3 Å². The van der Waals surface area contributed by atoms with E-state index >= 15 is 0 Å². The topological polar surface area (TPSA) is 78.9 Å². The molecule has 0 radical (unpaired) electrons. The van der Waals surface area contributed by atoms with Gasteiger partial charge in [-0.3, -0.25) is 14.4 Å². The van der Waals surface area contributed by atoms with Gasteiger partial charge in [-0.15, -0.1) is 0 Å². The number of hydrogen-bond acceptors (Lipinski definition) is 6. The van der Waals surface area contributed by atoms with Gasteiger partial charge in [-0.25, -0.2) is 0 Å². The van der Waals surface area contributed by atoms with Crippen LogP contribution in [0.25, 0.3) is 0 Å². The summed E-state index contributed by atoms with van der Waals surface area (Å²) in [6.07, 6.45) is 72.9. The van der Waals surface area contributed by atoms with Crippen LogP contribution in [0.4, 0.5) is 0 Å².